The highest BCUT2D eigenvalue weighted by Crippen LogP contribution is 2.57. The van der Waals surface area contributed by atoms with E-state index in [1.807, 2.05) is 0 Å². The van der Waals surface area contributed by atoms with Crippen molar-refractivity contribution in [3.8, 4) is 6.07 Å². The smallest absolute Gasteiger partial charge is 0.312 e. The second-order valence-corrected chi connectivity index (χ2v) is 4.44. The summed E-state index contributed by atoms with van der Waals surface area (Å²) < 4.78 is 4.78. The highest BCUT2D eigenvalue weighted by molar-refractivity contribution is 5.91. The highest BCUT2D eigenvalue weighted by atomic mass is 16.5. The number of esters is 1. The van der Waals surface area contributed by atoms with E-state index in [4.69, 9.17) is 10.00 Å². The topological polar surface area (TPSA) is 67.2 Å². The monoisotopic (exact) mass is 207 g/mol. The molecule has 0 aliphatic heterocycles. The van der Waals surface area contributed by atoms with Crippen LogP contribution in [0.3, 0.4) is 0 Å². The third kappa shape index (κ3) is 1.43. The molecule has 2 fully saturated rings. The van der Waals surface area contributed by atoms with Gasteiger partial charge in [0.1, 0.15) is 5.78 Å². The predicted molar refractivity (Wildman–Crippen MR) is 50.5 cm³/mol. The summed E-state index contributed by atoms with van der Waals surface area (Å²) in [5.41, 5.74) is -0.674. The number of nitrogens with zero attached hydrogens (tertiary/aromatic N) is 1. The largest absolute Gasteiger partial charge is 0.469 e. The minimum absolute atomic E-state index is 0.0430. The molecule has 0 N–H and O–H groups in total. The summed E-state index contributed by atoms with van der Waals surface area (Å²) in [6.07, 6.45) is 2.01. The van der Waals surface area contributed by atoms with Crippen LogP contribution in [0.15, 0.2) is 0 Å². The molecule has 0 radical (unpaired) electrons. The quantitative estimate of drug-likeness (QED) is 0.635. The van der Waals surface area contributed by atoms with Crippen LogP contribution in [0.2, 0.25) is 0 Å². The Labute approximate surface area is 88.2 Å². The zero-order valence-corrected chi connectivity index (χ0v) is 8.66. The number of ether oxygens (including phenoxy) is 1. The molecule has 2 saturated carbocycles. The number of hydrogen-bond donors (Lipinski definition) is 0. The van der Waals surface area contributed by atoms with Crippen LogP contribution >= 0.6 is 0 Å². The van der Waals surface area contributed by atoms with Gasteiger partial charge in [0.05, 0.1) is 24.5 Å². The van der Waals surface area contributed by atoms with Crippen LogP contribution in [0.5, 0.6) is 0 Å². The van der Waals surface area contributed by atoms with Crippen molar-refractivity contribution in [2.75, 3.05) is 7.11 Å². The van der Waals surface area contributed by atoms with Crippen molar-refractivity contribution in [2.45, 2.75) is 25.7 Å². The van der Waals surface area contributed by atoms with Crippen LogP contribution in [-0.2, 0) is 14.3 Å². The van der Waals surface area contributed by atoms with E-state index in [-0.39, 0.29) is 30.0 Å². The lowest BCUT2D eigenvalue weighted by atomic mass is 9.80. The van der Waals surface area contributed by atoms with E-state index in [1.165, 1.54) is 7.11 Å². The molecule has 4 nitrogen and oxygen atoms in total. The van der Waals surface area contributed by atoms with Crippen molar-refractivity contribution >= 4 is 11.8 Å². The number of carbonyl (C=O) groups excluding carboxylic acids is 2. The van der Waals surface area contributed by atoms with E-state index in [9.17, 15) is 9.59 Å². The fourth-order valence-electron chi connectivity index (χ4n) is 2.68. The van der Waals surface area contributed by atoms with Crippen molar-refractivity contribution < 1.29 is 14.3 Å². The Morgan fingerprint density at radius 2 is 2.40 bits per heavy atom. The number of carbonyl (C=O) groups is 2. The zero-order valence-electron chi connectivity index (χ0n) is 8.66. The Kier molecular flexibility index (Phi) is 2.26. The average Bonchev–Trinajstić information content (AvgIpc) is 2.94. The van der Waals surface area contributed by atoms with Gasteiger partial charge in [0.25, 0.3) is 0 Å². The van der Waals surface area contributed by atoms with E-state index in [0.29, 0.717) is 12.8 Å². The Morgan fingerprint density at radius 3 is 2.80 bits per heavy atom. The number of hydrogen-bond acceptors (Lipinski definition) is 4. The third-order valence-corrected chi connectivity index (χ3v) is 3.62. The zero-order chi connectivity index (χ0) is 11.1. The van der Waals surface area contributed by atoms with Crippen molar-refractivity contribution in [3.05, 3.63) is 0 Å². The molecule has 2 aliphatic carbocycles. The van der Waals surface area contributed by atoms with Gasteiger partial charge in [-0.1, -0.05) is 0 Å². The van der Waals surface area contributed by atoms with E-state index in [2.05, 4.69) is 6.07 Å². The van der Waals surface area contributed by atoms with Crippen molar-refractivity contribution in [3.63, 3.8) is 0 Å². The molecular formula is C11H13NO3. The SMILES string of the molecule is COC(=O)C1(C2CC2C#N)CCC(=O)C1. The van der Waals surface area contributed by atoms with E-state index in [0.717, 1.165) is 6.42 Å². The first-order chi connectivity index (χ1) is 7.14. The Morgan fingerprint density at radius 1 is 1.67 bits per heavy atom. The lowest BCUT2D eigenvalue weighted by Crippen LogP contribution is -2.32. The van der Waals surface area contributed by atoms with Crippen LogP contribution in [0.1, 0.15) is 25.7 Å². The lowest BCUT2D eigenvalue weighted by molar-refractivity contribution is -0.154. The summed E-state index contributed by atoms with van der Waals surface area (Å²) in [7, 11) is 1.34. The normalized spacial score (nSPS) is 38.5. The molecule has 15 heavy (non-hydrogen) atoms. The second-order valence-electron chi connectivity index (χ2n) is 4.44. The molecule has 2 aliphatic rings. The maximum atomic E-state index is 11.7. The second kappa shape index (κ2) is 3.34. The number of ketones is 1. The van der Waals surface area contributed by atoms with Crippen LogP contribution in [0.4, 0.5) is 0 Å². The molecule has 2 rings (SSSR count). The molecule has 0 saturated heterocycles. The molecule has 0 spiro atoms. The summed E-state index contributed by atoms with van der Waals surface area (Å²) >= 11 is 0. The van der Waals surface area contributed by atoms with Gasteiger partial charge in [0.2, 0.25) is 0 Å². The van der Waals surface area contributed by atoms with Crippen molar-refractivity contribution in [2.24, 2.45) is 17.3 Å². The maximum absolute atomic E-state index is 11.7. The standard InChI is InChI=1S/C11H13NO3/c1-15-10(14)11(3-2-8(13)5-11)9-4-7(9)6-12/h7,9H,2-5H2,1H3. The predicted octanol–water partition coefficient (Wildman–Crippen LogP) is 1.06. The van der Waals surface area contributed by atoms with Gasteiger partial charge in [-0.3, -0.25) is 9.59 Å². The van der Waals surface area contributed by atoms with Gasteiger partial charge >= 0.3 is 5.97 Å². The van der Waals surface area contributed by atoms with E-state index in [1.54, 1.807) is 0 Å². The molecule has 0 aromatic carbocycles. The summed E-state index contributed by atoms with van der Waals surface area (Å²) in [5, 5.41) is 8.78. The fourth-order valence-corrected chi connectivity index (χ4v) is 2.68. The van der Waals surface area contributed by atoms with Crippen LogP contribution < -0.4 is 0 Å². The van der Waals surface area contributed by atoms with Gasteiger partial charge < -0.3 is 4.74 Å². The molecule has 0 aromatic heterocycles. The third-order valence-electron chi connectivity index (χ3n) is 3.62. The number of methoxy groups -OCH3 is 1. The van der Waals surface area contributed by atoms with Crippen LogP contribution in [-0.4, -0.2) is 18.9 Å². The number of nitriles is 1. The lowest BCUT2D eigenvalue weighted by Gasteiger charge is -2.24. The minimum atomic E-state index is -0.674. The molecule has 3 unspecified atom stereocenters. The molecule has 0 heterocycles. The molecule has 0 amide bonds. The minimum Gasteiger partial charge on any atom is -0.469 e. The Balaban J connectivity index is 2.22. The first kappa shape index (κ1) is 10.2. The Hall–Kier alpha value is -1.37. The van der Waals surface area contributed by atoms with Gasteiger partial charge in [-0.25, -0.2) is 0 Å². The summed E-state index contributed by atoms with van der Waals surface area (Å²) in [6.45, 7) is 0. The van der Waals surface area contributed by atoms with Gasteiger partial charge in [-0.2, -0.15) is 5.26 Å². The van der Waals surface area contributed by atoms with Gasteiger partial charge in [-0.15, -0.1) is 0 Å². The number of Topliss-reactive ketones (excluding diaryl/α,β-unsaturated/α-hetero) is 1. The molecule has 0 bridgehead atoms. The summed E-state index contributed by atoms with van der Waals surface area (Å²) in [4.78, 5) is 23.1. The molecular weight excluding hydrogens is 194 g/mol. The van der Waals surface area contributed by atoms with E-state index >= 15 is 0 Å². The van der Waals surface area contributed by atoms with Gasteiger partial charge in [0, 0.05) is 12.8 Å². The fraction of sp³-hybridized carbons (Fsp3) is 0.727. The Bertz CT molecular complexity index is 357. The van der Waals surface area contributed by atoms with Gasteiger partial charge in [0.15, 0.2) is 0 Å². The molecule has 0 aromatic rings. The maximum Gasteiger partial charge on any atom is 0.312 e. The first-order valence-electron chi connectivity index (χ1n) is 5.14. The summed E-state index contributed by atoms with van der Waals surface area (Å²) in [5.74, 6) is -0.212. The van der Waals surface area contributed by atoms with Crippen molar-refractivity contribution in [1.29, 1.82) is 5.26 Å². The first-order valence-corrected chi connectivity index (χ1v) is 5.14. The number of rotatable bonds is 2. The van der Waals surface area contributed by atoms with Gasteiger partial charge in [-0.05, 0) is 18.8 Å². The van der Waals surface area contributed by atoms with Crippen LogP contribution in [0, 0.1) is 28.6 Å². The average molecular weight is 207 g/mol. The molecule has 3 atom stereocenters. The molecule has 4 heteroatoms. The van der Waals surface area contributed by atoms with E-state index < -0.39 is 5.41 Å². The summed E-state index contributed by atoms with van der Waals surface area (Å²) in [6, 6.07) is 2.17. The molecule has 80 valence electrons. The van der Waals surface area contributed by atoms with Crippen molar-refractivity contribution in [1.82, 2.24) is 0 Å². The highest BCUT2D eigenvalue weighted by Gasteiger charge is 2.60. The van der Waals surface area contributed by atoms with Crippen LogP contribution in [0.25, 0.3) is 0 Å².